The maximum atomic E-state index is 13.7. The zero-order valence-electron chi connectivity index (χ0n) is 22.0. The summed E-state index contributed by atoms with van der Waals surface area (Å²) in [6, 6.07) is 7.53. The van der Waals surface area contributed by atoms with E-state index in [0.29, 0.717) is 34.6 Å². The van der Waals surface area contributed by atoms with Gasteiger partial charge in [0.2, 0.25) is 5.82 Å². The molecule has 0 saturated carbocycles. The van der Waals surface area contributed by atoms with E-state index in [-0.39, 0.29) is 23.8 Å². The molecule has 0 bridgehead atoms. The second kappa shape index (κ2) is 9.98. The number of nitrogens with one attached hydrogen (secondary N) is 1. The summed E-state index contributed by atoms with van der Waals surface area (Å²) in [6.07, 6.45) is -5.24. The summed E-state index contributed by atoms with van der Waals surface area (Å²) >= 11 is 0. The molecule has 0 spiro atoms. The summed E-state index contributed by atoms with van der Waals surface area (Å²) in [5.41, 5.74) is 0.354. The van der Waals surface area contributed by atoms with E-state index in [2.05, 4.69) is 25.7 Å². The summed E-state index contributed by atoms with van der Waals surface area (Å²) in [6.45, 7) is 1.02. The van der Waals surface area contributed by atoms with E-state index in [9.17, 15) is 32.3 Å². The quantitative estimate of drug-likeness (QED) is 0.320. The first-order valence-electron chi connectivity index (χ1n) is 12.2. The number of hydrogen-bond donors (Lipinski definition) is 2. The van der Waals surface area contributed by atoms with Crippen LogP contribution in [0.2, 0.25) is 0 Å². The number of aliphatic carboxylic acids is 1. The van der Waals surface area contributed by atoms with E-state index in [1.165, 1.54) is 30.1 Å². The second-order valence-corrected chi connectivity index (χ2v) is 9.75. The van der Waals surface area contributed by atoms with Crippen molar-refractivity contribution in [3.63, 3.8) is 0 Å². The van der Waals surface area contributed by atoms with Crippen molar-refractivity contribution in [2.24, 2.45) is 7.05 Å². The topological polar surface area (TPSA) is 137 Å². The van der Waals surface area contributed by atoms with Crippen molar-refractivity contribution in [2.75, 3.05) is 7.11 Å². The van der Waals surface area contributed by atoms with Crippen LogP contribution in [0.3, 0.4) is 0 Å². The fourth-order valence-corrected chi connectivity index (χ4v) is 4.90. The van der Waals surface area contributed by atoms with Crippen molar-refractivity contribution in [3.8, 4) is 39.7 Å². The molecule has 4 heterocycles. The van der Waals surface area contributed by atoms with Crippen LogP contribution in [0.25, 0.3) is 33.9 Å². The normalized spacial score (nSPS) is 14.1. The minimum Gasteiger partial charge on any atom is -0.496 e. The summed E-state index contributed by atoms with van der Waals surface area (Å²) in [5.74, 6) is -2.72. The molecule has 11 nitrogen and oxygen atoms in total. The number of fused-ring (bicyclic) bond motifs is 3. The van der Waals surface area contributed by atoms with Gasteiger partial charge in [0, 0.05) is 17.7 Å². The number of rotatable bonds is 7. The number of carbonyl (C=O) groups excluding carboxylic acids is 1. The number of amides is 1. The molecule has 4 aromatic rings. The molecule has 2 N–H and O–H groups in total. The number of methoxy groups -OCH3 is 1. The standard InChI is InChI=1S/C26H23F4N7O4/c1-25(24(39)40,12-26(28,29)30)32-23(38)19-10-16(18-5-4-14(27)11-31-18)21-15-9-17(22-33-35-36(2)34-22)20(41-3)8-13(15)6-7-37(19)21/h4-5,8-11H,6-7,12H2,1-3H3,(H,32,38)(H,39,40)/t25-/m0/s1. The average Bonchev–Trinajstić information content (AvgIpc) is 3.51. The smallest absolute Gasteiger partial charge is 0.391 e. The van der Waals surface area contributed by atoms with Gasteiger partial charge in [-0.25, -0.2) is 9.18 Å². The van der Waals surface area contributed by atoms with Gasteiger partial charge in [0.15, 0.2) is 0 Å². The van der Waals surface area contributed by atoms with Gasteiger partial charge in [0.05, 0.1) is 43.7 Å². The zero-order chi connectivity index (χ0) is 29.7. The van der Waals surface area contributed by atoms with Gasteiger partial charge in [0.1, 0.15) is 22.8 Å². The van der Waals surface area contributed by atoms with Gasteiger partial charge in [-0.05, 0) is 54.5 Å². The molecule has 1 aliphatic rings. The van der Waals surface area contributed by atoms with Crippen molar-refractivity contribution in [1.82, 2.24) is 35.1 Å². The molecule has 1 amide bonds. The number of tetrazole rings is 1. The van der Waals surface area contributed by atoms with Crippen molar-refractivity contribution in [1.29, 1.82) is 0 Å². The van der Waals surface area contributed by atoms with Crippen LogP contribution in [-0.2, 0) is 24.8 Å². The Labute approximate surface area is 229 Å². The lowest BCUT2D eigenvalue weighted by Crippen LogP contribution is -2.54. The fraction of sp³-hybridized carbons (Fsp3) is 0.308. The van der Waals surface area contributed by atoms with Crippen LogP contribution in [0.15, 0.2) is 36.5 Å². The number of hydrogen-bond acceptors (Lipinski definition) is 7. The van der Waals surface area contributed by atoms with Gasteiger partial charge >= 0.3 is 12.1 Å². The van der Waals surface area contributed by atoms with Gasteiger partial charge < -0.3 is 19.7 Å². The second-order valence-electron chi connectivity index (χ2n) is 9.75. The SMILES string of the molecule is COc1cc2c(cc1-c1nnn(C)n1)-c1c(-c3ccc(F)cn3)cc(C(=O)N[C@@](C)(CC(F)(F)F)C(=O)O)n1CC2. The molecule has 1 aromatic carbocycles. The molecule has 214 valence electrons. The van der Waals surface area contributed by atoms with Crippen LogP contribution in [0.1, 0.15) is 29.4 Å². The Balaban J connectivity index is 1.69. The Morgan fingerprint density at radius 1 is 1.15 bits per heavy atom. The molecular formula is C26H23F4N7O4. The third-order valence-corrected chi connectivity index (χ3v) is 6.78. The van der Waals surface area contributed by atoms with Gasteiger partial charge in [-0.2, -0.15) is 18.0 Å². The lowest BCUT2D eigenvalue weighted by Gasteiger charge is -2.28. The molecular weight excluding hydrogens is 550 g/mol. The molecule has 1 aliphatic heterocycles. The molecule has 0 aliphatic carbocycles. The Morgan fingerprint density at radius 2 is 1.90 bits per heavy atom. The fourth-order valence-electron chi connectivity index (χ4n) is 4.90. The van der Waals surface area contributed by atoms with E-state index < -0.39 is 35.8 Å². The lowest BCUT2D eigenvalue weighted by atomic mass is 9.92. The van der Waals surface area contributed by atoms with E-state index >= 15 is 0 Å². The molecule has 0 unspecified atom stereocenters. The first kappa shape index (κ1) is 27.7. The van der Waals surface area contributed by atoms with E-state index in [0.717, 1.165) is 18.7 Å². The van der Waals surface area contributed by atoms with Gasteiger partial charge in [-0.1, -0.05) is 0 Å². The van der Waals surface area contributed by atoms with Gasteiger partial charge in [-0.3, -0.25) is 9.78 Å². The number of pyridine rings is 1. The summed E-state index contributed by atoms with van der Waals surface area (Å²) in [5, 5.41) is 23.8. The minimum absolute atomic E-state index is 0.0866. The minimum atomic E-state index is -4.86. The van der Waals surface area contributed by atoms with Crippen LogP contribution in [0.5, 0.6) is 5.75 Å². The summed E-state index contributed by atoms with van der Waals surface area (Å²) in [4.78, 5) is 30.7. The highest BCUT2D eigenvalue weighted by Gasteiger charge is 2.46. The molecule has 0 saturated heterocycles. The molecule has 0 radical (unpaired) electrons. The third-order valence-electron chi connectivity index (χ3n) is 6.78. The highest BCUT2D eigenvalue weighted by atomic mass is 19.4. The van der Waals surface area contributed by atoms with Crippen LogP contribution < -0.4 is 10.1 Å². The summed E-state index contributed by atoms with van der Waals surface area (Å²) < 4.78 is 60.5. The number of carboxylic acids is 1. The third kappa shape index (κ3) is 5.21. The van der Waals surface area contributed by atoms with Crippen LogP contribution in [0, 0.1) is 5.82 Å². The lowest BCUT2D eigenvalue weighted by molar-refractivity contribution is -0.167. The van der Waals surface area contributed by atoms with Crippen molar-refractivity contribution >= 4 is 11.9 Å². The van der Waals surface area contributed by atoms with Crippen molar-refractivity contribution in [2.45, 2.75) is 38.0 Å². The molecule has 41 heavy (non-hydrogen) atoms. The van der Waals surface area contributed by atoms with Crippen LogP contribution in [0.4, 0.5) is 17.6 Å². The predicted molar refractivity (Wildman–Crippen MR) is 135 cm³/mol. The Hall–Kier alpha value is -4.82. The molecule has 1 atom stereocenters. The highest BCUT2D eigenvalue weighted by molar-refractivity contribution is 6.00. The predicted octanol–water partition coefficient (Wildman–Crippen LogP) is 3.64. The number of carbonyl (C=O) groups is 2. The number of ether oxygens (including phenoxy) is 1. The number of aromatic nitrogens is 6. The summed E-state index contributed by atoms with van der Waals surface area (Å²) in [7, 11) is 3.09. The number of aryl methyl sites for hydroxylation is 2. The first-order valence-corrected chi connectivity index (χ1v) is 12.2. The Morgan fingerprint density at radius 3 is 2.49 bits per heavy atom. The van der Waals surface area contributed by atoms with Gasteiger partial charge in [0.25, 0.3) is 5.91 Å². The van der Waals surface area contributed by atoms with E-state index in [1.807, 2.05) is 0 Å². The van der Waals surface area contributed by atoms with Gasteiger partial charge in [-0.15, -0.1) is 10.2 Å². The van der Waals surface area contributed by atoms with Crippen LogP contribution in [-0.4, -0.2) is 65.6 Å². The Kier molecular flexibility index (Phi) is 6.75. The maximum absolute atomic E-state index is 13.7. The number of carboxylic acid groups (broad SMARTS) is 1. The van der Waals surface area contributed by atoms with Crippen LogP contribution >= 0.6 is 0 Å². The number of nitrogens with zero attached hydrogens (tertiary/aromatic N) is 6. The largest absolute Gasteiger partial charge is 0.496 e. The molecule has 3 aromatic heterocycles. The molecule has 5 rings (SSSR count). The zero-order valence-corrected chi connectivity index (χ0v) is 22.0. The monoisotopic (exact) mass is 573 g/mol. The maximum Gasteiger partial charge on any atom is 0.391 e. The van der Waals surface area contributed by atoms with Crippen molar-refractivity contribution < 1.29 is 37.0 Å². The first-order chi connectivity index (χ1) is 19.3. The van der Waals surface area contributed by atoms with Crippen molar-refractivity contribution in [3.05, 3.63) is 53.6 Å². The molecule has 0 fully saturated rings. The van der Waals surface area contributed by atoms with E-state index in [4.69, 9.17) is 4.74 Å². The highest BCUT2D eigenvalue weighted by Crippen LogP contribution is 2.43. The number of benzene rings is 1. The Bertz CT molecular complexity index is 1660. The van der Waals surface area contributed by atoms with E-state index in [1.54, 1.807) is 23.7 Å². The number of halogens is 4. The average molecular weight is 574 g/mol. The molecule has 15 heteroatoms. The number of alkyl halides is 3.